The topological polar surface area (TPSA) is 147 Å². The number of para-hydroxylation sites is 1. The van der Waals surface area contributed by atoms with Crippen molar-refractivity contribution in [3.63, 3.8) is 0 Å². The lowest BCUT2D eigenvalue weighted by molar-refractivity contribution is -0.175. The first kappa shape index (κ1) is 41.0. The van der Waals surface area contributed by atoms with Crippen molar-refractivity contribution in [1.82, 2.24) is 21.0 Å². The Balaban J connectivity index is 1.29. The second-order valence-electron chi connectivity index (χ2n) is 16.6. The number of hydrogen-bond acceptors (Lipinski definition) is 9. The van der Waals surface area contributed by atoms with Gasteiger partial charge in [0.05, 0.1) is 25.7 Å². The van der Waals surface area contributed by atoms with Crippen molar-refractivity contribution < 1.29 is 28.7 Å². The van der Waals surface area contributed by atoms with Crippen LogP contribution in [0.2, 0.25) is 0 Å². The fraction of sp³-hybridized carbons (Fsp3) is 0.523. The Morgan fingerprint density at radius 2 is 1.80 bits per heavy atom. The molecule has 3 aromatic rings. The van der Waals surface area contributed by atoms with Crippen LogP contribution in [0.25, 0.3) is 11.1 Å². The number of hydroxylamine groups is 2. The molecule has 1 aliphatic heterocycles. The number of benzene rings is 3. The van der Waals surface area contributed by atoms with Gasteiger partial charge in [-0.15, -0.1) is 0 Å². The summed E-state index contributed by atoms with van der Waals surface area (Å²) in [4.78, 5) is 49.2. The number of nitrogens with two attached hydrogens (primary N) is 1. The first-order valence-corrected chi connectivity index (χ1v) is 19.9. The van der Waals surface area contributed by atoms with Gasteiger partial charge in [-0.25, -0.2) is 4.79 Å². The Kier molecular flexibility index (Phi) is 12.6. The number of methoxy groups -OCH3 is 1. The zero-order valence-electron chi connectivity index (χ0n) is 34.1. The number of hydrogen-bond donors (Lipinski definition) is 4. The Bertz CT molecular complexity index is 1870. The normalized spacial score (nSPS) is 25.7. The molecule has 1 heterocycles. The lowest BCUT2D eigenvalue weighted by Gasteiger charge is -2.62. The van der Waals surface area contributed by atoms with E-state index in [1.165, 1.54) is 6.42 Å². The van der Waals surface area contributed by atoms with E-state index < -0.39 is 30.3 Å². The molecular formula is C44H60N6O6. The molecule has 1 saturated heterocycles. The molecular weight excluding hydrogens is 709 g/mol. The summed E-state index contributed by atoms with van der Waals surface area (Å²) in [5, 5.41) is 10.7. The minimum atomic E-state index is -0.820. The second-order valence-corrected chi connectivity index (χ2v) is 16.6. The number of rotatable bonds is 14. The number of nitrogens with one attached hydrogen (secondary N) is 3. The van der Waals surface area contributed by atoms with Crippen LogP contribution >= 0.6 is 0 Å². The smallest absolute Gasteiger partial charge is 0.407 e. The van der Waals surface area contributed by atoms with Gasteiger partial charge in [0.25, 0.3) is 5.91 Å². The number of nitrogens with zero attached hydrogens (tertiary/aromatic N) is 2. The number of amides is 3. The number of ether oxygens (including phenoxy) is 2. The number of alkyl carbamates (subject to hydrolysis) is 1. The molecule has 4 aliphatic rings. The molecule has 0 radical (unpaired) electrons. The zero-order valence-corrected chi connectivity index (χ0v) is 34.1. The molecule has 0 unspecified atom stereocenters. The Morgan fingerprint density at radius 1 is 1.05 bits per heavy atom. The highest BCUT2D eigenvalue weighted by molar-refractivity contribution is 5.97. The van der Waals surface area contributed by atoms with E-state index in [1.54, 1.807) is 26.1 Å². The highest BCUT2D eigenvalue weighted by Gasteiger charge is 2.57. The summed E-state index contributed by atoms with van der Waals surface area (Å²) >= 11 is 0. The molecule has 3 aliphatic carbocycles. The van der Waals surface area contributed by atoms with Crippen molar-refractivity contribution in [1.29, 1.82) is 0 Å². The van der Waals surface area contributed by atoms with Crippen LogP contribution in [-0.2, 0) is 27.3 Å². The summed E-state index contributed by atoms with van der Waals surface area (Å²) in [6, 6.07) is 20.7. The molecule has 12 nitrogen and oxygen atoms in total. The lowest BCUT2D eigenvalue weighted by Crippen LogP contribution is -2.62. The summed E-state index contributed by atoms with van der Waals surface area (Å²) < 4.78 is 12.1. The minimum Gasteiger partial charge on any atom is -0.496 e. The van der Waals surface area contributed by atoms with Gasteiger partial charge in [0.15, 0.2) is 0 Å². The van der Waals surface area contributed by atoms with E-state index in [9.17, 15) is 14.4 Å². The molecule has 2 bridgehead atoms. The third-order valence-electron chi connectivity index (χ3n) is 12.8. The van der Waals surface area contributed by atoms with Crippen LogP contribution in [0.15, 0.2) is 66.7 Å². The number of anilines is 1. The van der Waals surface area contributed by atoms with Crippen molar-refractivity contribution in [2.45, 2.75) is 77.8 Å². The largest absolute Gasteiger partial charge is 0.496 e. The summed E-state index contributed by atoms with van der Waals surface area (Å²) in [5.41, 5.74) is 11.5. The standard InChI is InChI=1S/C44H60N6O6/c1-26-35-22-32(44(35,3)4)23-36(26)48-42(52)39-38(27(2)55-43(53)47-18-17-28-13-10-9-11-14-28)37(24-45)56-50(39)25-29-15-12-16-34(40(29)54-8)30-19-31(41(51)46-5)21-33(20-30)49(6)7/h9-16,19-21,26-27,32,35-39H,17-18,22-25,45H2,1-8H3,(H,46,51)(H,47,53)(H,48,52)/t26-,27-,32-,35+,36-,37-,38+,39-/m0/s1. The van der Waals surface area contributed by atoms with E-state index in [0.717, 1.165) is 34.4 Å². The van der Waals surface area contributed by atoms with Crippen molar-refractivity contribution in [3.05, 3.63) is 83.4 Å². The molecule has 8 atom stereocenters. The van der Waals surface area contributed by atoms with E-state index in [4.69, 9.17) is 20.0 Å². The third-order valence-corrected chi connectivity index (χ3v) is 12.8. The summed E-state index contributed by atoms with van der Waals surface area (Å²) in [6.45, 7) is 9.45. The Labute approximate surface area is 331 Å². The monoisotopic (exact) mass is 768 g/mol. The maximum absolute atomic E-state index is 14.7. The predicted molar refractivity (Wildman–Crippen MR) is 218 cm³/mol. The van der Waals surface area contributed by atoms with Crippen LogP contribution in [0.5, 0.6) is 5.75 Å². The van der Waals surface area contributed by atoms with E-state index >= 15 is 0 Å². The van der Waals surface area contributed by atoms with Gasteiger partial charge in [-0.2, -0.15) is 5.06 Å². The average Bonchev–Trinajstić information content (AvgIpc) is 3.56. The molecule has 4 fully saturated rings. The molecule has 3 aromatic carbocycles. The van der Waals surface area contributed by atoms with Crippen LogP contribution in [0.4, 0.5) is 10.5 Å². The van der Waals surface area contributed by atoms with Gasteiger partial charge in [0, 0.05) is 62.7 Å². The molecule has 7 rings (SSSR count). The van der Waals surface area contributed by atoms with E-state index in [0.29, 0.717) is 42.0 Å². The van der Waals surface area contributed by atoms with Crippen LogP contribution in [0.1, 0.15) is 62.0 Å². The zero-order chi connectivity index (χ0) is 40.3. The number of carbonyl (C=O) groups is 3. The second kappa shape index (κ2) is 17.2. The minimum absolute atomic E-state index is 0.0209. The van der Waals surface area contributed by atoms with Gasteiger partial charge < -0.3 is 36.1 Å². The Morgan fingerprint density at radius 3 is 2.45 bits per heavy atom. The van der Waals surface area contributed by atoms with Crippen LogP contribution < -0.4 is 31.3 Å². The fourth-order valence-corrected chi connectivity index (χ4v) is 9.40. The molecule has 302 valence electrons. The third kappa shape index (κ3) is 8.38. The fourth-order valence-electron chi connectivity index (χ4n) is 9.40. The van der Waals surface area contributed by atoms with Crippen molar-refractivity contribution >= 4 is 23.6 Å². The van der Waals surface area contributed by atoms with Gasteiger partial charge in [-0.3, -0.25) is 14.4 Å². The highest BCUT2D eigenvalue weighted by Crippen LogP contribution is 2.61. The van der Waals surface area contributed by atoms with Crippen molar-refractivity contribution in [2.24, 2.45) is 34.8 Å². The highest BCUT2D eigenvalue weighted by atomic mass is 16.7. The molecule has 0 aromatic heterocycles. The molecule has 5 N–H and O–H groups in total. The summed E-state index contributed by atoms with van der Waals surface area (Å²) in [7, 11) is 7.08. The average molecular weight is 769 g/mol. The molecule has 56 heavy (non-hydrogen) atoms. The lowest BCUT2D eigenvalue weighted by atomic mass is 9.45. The van der Waals surface area contributed by atoms with Gasteiger partial charge in [0.1, 0.15) is 17.9 Å². The van der Waals surface area contributed by atoms with Gasteiger partial charge >= 0.3 is 6.09 Å². The number of fused-ring (bicyclic) bond motifs is 2. The number of carbonyl (C=O) groups excluding carboxylic acids is 3. The van der Waals surface area contributed by atoms with Crippen LogP contribution in [0.3, 0.4) is 0 Å². The molecule has 0 spiro atoms. The van der Waals surface area contributed by atoms with E-state index in [1.807, 2.05) is 85.7 Å². The van der Waals surface area contributed by atoms with Gasteiger partial charge in [-0.1, -0.05) is 69.3 Å². The van der Waals surface area contributed by atoms with Crippen LogP contribution in [0, 0.1) is 29.1 Å². The first-order chi connectivity index (χ1) is 26.8. The van der Waals surface area contributed by atoms with E-state index in [2.05, 4.69) is 36.7 Å². The first-order valence-electron chi connectivity index (χ1n) is 19.9. The molecule has 3 saturated carbocycles. The predicted octanol–water partition coefficient (Wildman–Crippen LogP) is 5.39. The van der Waals surface area contributed by atoms with Gasteiger partial charge in [-0.05, 0) is 78.7 Å². The van der Waals surface area contributed by atoms with Crippen LogP contribution in [-0.4, -0.2) is 88.6 Å². The maximum atomic E-state index is 14.7. The van der Waals surface area contributed by atoms with Crippen molar-refractivity contribution in [2.75, 3.05) is 46.2 Å². The van der Waals surface area contributed by atoms with Gasteiger partial charge in [0.2, 0.25) is 5.91 Å². The van der Waals surface area contributed by atoms with E-state index in [-0.39, 0.29) is 36.4 Å². The quantitative estimate of drug-likeness (QED) is 0.170. The Hall–Kier alpha value is -4.65. The summed E-state index contributed by atoms with van der Waals surface area (Å²) in [5.74, 6) is 1.07. The molecule has 12 heteroatoms. The maximum Gasteiger partial charge on any atom is 0.407 e. The molecule has 3 amide bonds. The van der Waals surface area contributed by atoms with Crippen molar-refractivity contribution in [3.8, 4) is 16.9 Å². The summed E-state index contributed by atoms with van der Waals surface area (Å²) in [6.07, 6.45) is 0.907. The SMILES string of the molecule is CNC(=O)c1cc(-c2cccc(CN3O[C@@H](CN)[C@@H]([C@H](C)OC(=O)NCCc4ccccc4)[C@H]3C(=O)N[C@H]3C[C@@H]4C[C@H]([C@@H]3C)C4(C)C)c2OC)cc(N(C)C)c1.